The van der Waals surface area contributed by atoms with Gasteiger partial charge in [-0.25, -0.2) is 0 Å². The first-order valence-corrected chi connectivity index (χ1v) is 6.74. The average Bonchev–Trinajstić information content (AvgIpc) is 2.47. The van der Waals surface area contributed by atoms with Gasteiger partial charge in [0.2, 0.25) is 0 Å². The SMILES string of the molecule is Nc1cccc2c1CCN(C(=O)c1c(O)cccc1O)C2. The Balaban J connectivity index is 1.91. The second-order valence-corrected chi connectivity index (χ2v) is 5.13. The molecule has 2 aromatic rings. The molecule has 0 fully saturated rings. The lowest BCUT2D eigenvalue weighted by atomic mass is 9.97. The van der Waals surface area contributed by atoms with Gasteiger partial charge in [0.1, 0.15) is 17.1 Å². The van der Waals surface area contributed by atoms with E-state index in [1.165, 1.54) is 18.2 Å². The number of anilines is 1. The number of phenols is 2. The van der Waals surface area contributed by atoms with E-state index in [1.54, 1.807) is 4.90 Å². The molecule has 1 aliphatic rings. The summed E-state index contributed by atoms with van der Waals surface area (Å²) in [5.41, 5.74) is 8.70. The lowest BCUT2D eigenvalue weighted by molar-refractivity contribution is 0.0728. The Kier molecular flexibility index (Phi) is 3.17. The van der Waals surface area contributed by atoms with E-state index < -0.39 is 0 Å². The van der Waals surface area contributed by atoms with Gasteiger partial charge in [0.05, 0.1) is 0 Å². The molecule has 0 aromatic heterocycles. The molecule has 5 heteroatoms. The minimum atomic E-state index is -0.376. The number of fused-ring (bicyclic) bond motifs is 1. The van der Waals surface area contributed by atoms with Crippen LogP contribution in [-0.2, 0) is 13.0 Å². The van der Waals surface area contributed by atoms with E-state index in [0.717, 1.165) is 16.8 Å². The molecule has 1 aliphatic heterocycles. The molecule has 5 nitrogen and oxygen atoms in total. The Morgan fingerprint density at radius 2 is 1.76 bits per heavy atom. The highest BCUT2D eigenvalue weighted by Crippen LogP contribution is 2.30. The summed E-state index contributed by atoms with van der Waals surface area (Å²) in [7, 11) is 0. The number of nitrogens with zero attached hydrogens (tertiary/aromatic N) is 1. The van der Waals surface area contributed by atoms with Crippen molar-refractivity contribution in [3.05, 3.63) is 53.1 Å². The zero-order chi connectivity index (χ0) is 15.0. The van der Waals surface area contributed by atoms with E-state index in [1.807, 2.05) is 18.2 Å². The molecule has 21 heavy (non-hydrogen) atoms. The highest BCUT2D eigenvalue weighted by Gasteiger charge is 2.26. The van der Waals surface area contributed by atoms with Gasteiger partial charge in [-0.3, -0.25) is 4.79 Å². The maximum Gasteiger partial charge on any atom is 0.261 e. The summed E-state index contributed by atoms with van der Waals surface area (Å²) in [6.45, 7) is 0.931. The molecule has 3 rings (SSSR count). The zero-order valence-corrected chi connectivity index (χ0v) is 11.4. The van der Waals surface area contributed by atoms with Crippen LogP contribution in [-0.4, -0.2) is 27.6 Å². The second-order valence-electron chi connectivity index (χ2n) is 5.13. The van der Waals surface area contributed by atoms with Crippen molar-refractivity contribution in [3.63, 3.8) is 0 Å². The standard InChI is InChI=1S/C16H16N2O3/c17-12-4-1-3-10-9-18(8-7-11(10)12)16(21)15-13(19)5-2-6-14(15)20/h1-6,19-20H,7-9,17H2. The van der Waals surface area contributed by atoms with E-state index in [0.29, 0.717) is 19.5 Å². The number of benzene rings is 2. The van der Waals surface area contributed by atoms with Gasteiger partial charge in [-0.2, -0.15) is 0 Å². The van der Waals surface area contributed by atoms with Gasteiger partial charge in [-0.15, -0.1) is 0 Å². The summed E-state index contributed by atoms with van der Waals surface area (Å²) < 4.78 is 0. The molecule has 1 amide bonds. The number of amides is 1. The molecule has 108 valence electrons. The monoisotopic (exact) mass is 284 g/mol. The highest BCUT2D eigenvalue weighted by atomic mass is 16.3. The van der Waals surface area contributed by atoms with Crippen LogP contribution in [0.2, 0.25) is 0 Å². The number of hydrogen-bond acceptors (Lipinski definition) is 4. The van der Waals surface area contributed by atoms with Crippen molar-refractivity contribution in [2.75, 3.05) is 12.3 Å². The van der Waals surface area contributed by atoms with Crippen molar-refractivity contribution in [1.29, 1.82) is 0 Å². The number of hydrogen-bond donors (Lipinski definition) is 3. The van der Waals surface area contributed by atoms with Gasteiger partial charge in [-0.05, 0) is 35.7 Å². The smallest absolute Gasteiger partial charge is 0.261 e. The summed E-state index contributed by atoms with van der Waals surface area (Å²) in [6, 6.07) is 9.93. The predicted octanol–water partition coefficient (Wildman–Crippen LogP) is 1.88. The van der Waals surface area contributed by atoms with Crippen LogP contribution < -0.4 is 5.73 Å². The minimum absolute atomic E-state index is 0.0511. The Morgan fingerprint density at radius 1 is 1.10 bits per heavy atom. The first kappa shape index (κ1) is 13.3. The minimum Gasteiger partial charge on any atom is -0.507 e. The number of phenolic OH excluding ortho intramolecular Hbond substituents is 2. The summed E-state index contributed by atoms with van der Waals surface area (Å²) in [5, 5.41) is 19.6. The number of aromatic hydroxyl groups is 2. The first-order chi connectivity index (χ1) is 10.1. The molecule has 0 saturated heterocycles. The van der Waals surface area contributed by atoms with Gasteiger partial charge in [0.15, 0.2) is 0 Å². The van der Waals surface area contributed by atoms with Gasteiger partial charge < -0.3 is 20.8 Å². The molecule has 0 unspecified atom stereocenters. The Bertz CT molecular complexity index is 692. The van der Waals surface area contributed by atoms with E-state index in [2.05, 4.69) is 0 Å². The van der Waals surface area contributed by atoms with Crippen LogP contribution in [0.25, 0.3) is 0 Å². The van der Waals surface area contributed by atoms with Crippen molar-refractivity contribution in [2.45, 2.75) is 13.0 Å². The van der Waals surface area contributed by atoms with Crippen LogP contribution in [0.4, 0.5) is 5.69 Å². The van der Waals surface area contributed by atoms with Crippen LogP contribution in [0.5, 0.6) is 11.5 Å². The molecule has 2 aromatic carbocycles. The Labute approximate surface area is 122 Å². The normalized spacial score (nSPS) is 13.8. The molecular formula is C16H16N2O3. The zero-order valence-electron chi connectivity index (χ0n) is 11.4. The molecule has 0 atom stereocenters. The van der Waals surface area contributed by atoms with E-state index in [9.17, 15) is 15.0 Å². The fourth-order valence-corrected chi connectivity index (χ4v) is 2.72. The number of nitrogens with two attached hydrogens (primary N) is 1. The highest BCUT2D eigenvalue weighted by molar-refractivity contribution is 5.99. The van der Waals surface area contributed by atoms with Crippen molar-refractivity contribution in [2.24, 2.45) is 0 Å². The third kappa shape index (κ3) is 2.27. The van der Waals surface area contributed by atoms with Crippen LogP contribution in [0.15, 0.2) is 36.4 Å². The molecule has 0 aliphatic carbocycles. The van der Waals surface area contributed by atoms with Gasteiger partial charge >= 0.3 is 0 Å². The third-order valence-electron chi connectivity index (χ3n) is 3.82. The van der Waals surface area contributed by atoms with E-state index >= 15 is 0 Å². The Hall–Kier alpha value is -2.69. The van der Waals surface area contributed by atoms with Gasteiger partial charge in [0, 0.05) is 18.8 Å². The van der Waals surface area contributed by atoms with Crippen molar-refractivity contribution in [1.82, 2.24) is 4.90 Å². The number of carbonyl (C=O) groups excluding carboxylic acids is 1. The maximum atomic E-state index is 12.5. The second kappa shape index (κ2) is 5.01. The lowest BCUT2D eigenvalue weighted by Gasteiger charge is -2.30. The van der Waals surface area contributed by atoms with Crippen LogP contribution in [0.1, 0.15) is 21.5 Å². The van der Waals surface area contributed by atoms with Crippen molar-refractivity contribution >= 4 is 11.6 Å². The van der Waals surface area contributed by atoms with Crippen LogP contribution in [0.3, 0.4) is 0 Å². The number of nitrogen functional groups attached to an aromatic ring is 1. The van der Waals surface area contributed by atoms with Crippen LogP contribution >= 0.6 is 0 Å². The molecule has 0 spiro atoms. The fourth-order valence-electron chi connectivity index (χ4n) is 2.72. The number of carbonyl (C=O) groups is 1. The van der Waals surface area contributed by atoms with Crippen molar-refractivity contribution in [3.8, 4) is 11.5 Å². The summed E-state index contributed by atoms with van der Waals surface area (Å²) in [4.78, 5) is 14.1. The molecule has 4 N–H and O–H groups in total. The van der Waals surface area contributed by atoms with Crippen LogP contribution in [0, 0.1) is 0 Å². The third-order valence-corrected chi connectivity index (χ3v) is 3.82. The largest absolute Gasteiger partial charge is 0.507 e. The summed E-state index contributed by atoms with van der Waals surface area (Å²) >= 11 is 0. The lowest BCUT2D eigenvalue weighted by Crippen LogP contribution is -2.36. The fraction of sp³-hybridized carbons (Fsp3) is 0.188. The molecule has 1 heterocycles. The number of rotatable bonds is 1. The maximum absolute atomic E-state index is 12.5. The van der Waals surface area contributed by atoms with Gasteiger partial charge in [0.25, 0.3) is 5.91 Å². The molecule has 0 saturated carbocycles. The van der Waals surface area contributed by atoms with E-state index in [4.69, 9.17) is 5.73 Å². The topological polar surface area (TPSA) is 86.8 Å². The summed E-state index contributed by atoms with van der Waals surface area (Å²) in [5.74, 6) is -0.796. The molecule has 0 radical (unpaired) electrons. The molecule has 0 bridgehead atoms. The van der Waals surface area contributed by atoms with E-state index in [-0.39, 0.29) is 23.0 Å². The first-order valence-electron chi connectivity index (χ1n) is 6.74. The van der Waals surface area contributed by atoms with Gasteiger partial charge in [-0.1, -0.05) is 18.2 Å². The molecular weight excluding hydrogens is 268 g/mol. The Morgan fingerprint density at radius 3 is 2.48 bits per heavy atom. The quantitative estimate of drug-likeness (QED) is 0.698. The predicted molar refractivity (Wildman–Crippen MR) is 79.1 cm³/mol. The summed E-state index contributed by atoms with van der Waals surface area (Å²) in [6.07, 6.45) is 0.669. The average molecular weight is 284 g/mol. The van der Waals surface area contributed by atoms with Crippen molar-refractivity contribution < 1.29 is 15.0 Å².